The first-order valence-electron chi connectivity index (χ1n) is 10.4. The molecular weight excluding hydrogens is 377 g/mol. The van der Waals surface area contributed by atoms with Crippen molar-refractivity contribution in [3.05, 3.63) is 24.0 Å². The minimum Gasteiger partial charge on any atom is -0.465 e. The lowest BCUT2D eigenvalue weighted by Gasteiger charge is -2.41. The van der Waals surface area contributed by atoms with Gasteiger partial charge in [0.15, 0.2) is 0 Å². The van der Waals surface area contributed by atoms with Crippen LogP contribution in [0.5, 0.6) is 0 Å². The van der Waals surface area contributed by atoms with Crippen molar-refractivity contribution in [2.24, 2.45) is 5.41 Å². The summed E-state index contributed by atoms with van der Waals surface area (Å²) in [6.07, 6.45) is 4.11. The summed E-state index contributed by atoms with van der Waals surface area (Å²) in [6.45, 7) is 1.89. The Labute approximate surface area is 169 Å². The van der Waals surface area contributed by atoms with E-state index in [9.17, 15) is 19.1 Å². The zero-order valence-corrected chi connectivity index (χ0v) is 16.4. The number of amides is 2. The van der Waals surface area contributed by atoms with E-state index < -0.39 is 17.3 Å². The van der Waals surface area contributed by atoms with Crippen molar-refractivity contribution in [2.75, 3.05) is 29.9 Å². The van der Waals surface area contributed by atoms with Crippen LogP contribution in [0.4, 0.5) is 20.6 Å². The average Bonchev–Trinajstić information content (AvgIpc) is 2.98. The van der Waals surface area contributed by atoms with Crippen LogP contribution in [0, 0.1) is 11.2 Å². The number of nitrogens with zero attached hydrogens (tertiary/aromatic N) is 2. The minimum atomic E-state index is -1.24. The Bertz CT molecular complexity index is 796. The molecule has 2 saturated heterocycles. The van der Waals surface area contributed by atoms with Crippen molar-refractivity contribution in [3.8, 4) is 0 Å². The molecule has 0 bridgehead atoms. The SMILES string of the molecule is O=C(O)Nc1ccc(N2CCC[C@@]3(CCN([C@H]4CC[C@H](O)CC4)C3=O)C2)c(F)c1. The molecule has 158 valence electrons. The van der Waals surface area contributed by atoms with E-state index >= 15 is 0 Å². The number of rotatable bonds is 3. The van der Waals surface area contributed by atoms with Crippen molar-refractivity contribution >= 4 is 23.4 Å². The molecule has 1 atom stereocenters. The number of hydrogen-bond acceptors (Lipinski definition) is 4. The van der Waals surface area contributed by atoms with Crippen LogP contribution in [-0.4, -0.2) is 58.9 Å². The number of carbonyl (C=O) groups is 2. The van der Waals surface area contributed by atoms with Gasteiger partial charge in [0, 0.05) is 31.4 Å². The molecule has 1 spiro atoms. The highest BCUT2D eigenvalue weighted by atomic mass is 19.1. The van der Waals surface area contributed by atoms with Crippen LogP contribution in [0.15, 0.2) is 18.2 Å². The fourth-order valence-electron chi connectivity index (χ4n) is 5.25. The normalized spacial score (nSPS) is 30.1. The van der Waals surface area contributed by atoms with Gasteiger partial charge in [-0.15, -0.1) is 0 Å². The average molecular weight is 405 g/mol. The van der Waals surface area contributed by atoms with Gasteiger partial charge >= 0.3 is 6.09 Å². The molecule has 1 aromatic carbocycles. The molecule has 1 saturated carbocycles. The first-order chi connectivity index (χ1) is 13.9. The van der Waals surface area contributed by atoms with Gasteiger partial charge in [-0.3, -0.25) is 10.1 Å². The van der Waals surface area contributed by atoms with E-state index in [1.165, 1.54) is 6.07 Å². The highest BCUT2D eigenvalue weighted by Crippen LogP contribution is 2.43. The Balaban J connectivity index is 1.48. The topological polar surface area (TPSA) is 93.1 Å². The predicted molar refractivity (Wildman–Crippen MR) is 107 cm³/mol. The number of anilines is 2. The maximum absolute atomic E-state index is 14.7. The second-order valence-corrected chi connectivity index (χ2v) is 8.61. The molecule has 2 aliphatic heterocycles. The van der Waals surface area contributed by atoms with Gasteiger partial charge in [0.25, 0.3) is 0 Å². The first kappa shape index (κ1) is 19.9. The number of benzene rings is 1. The van der Waals surface area contributed by atoms with Gasteiger partial charge in [-0.1, -0.05) is 0 Å². The Morgan fingerprint density at radius 3 is 2.62 bits per heavy atom. The molecular formula is C21H28FN3O4. The number of carboxylic acid groups (broad SMARTS) is 1. The number of nitrogens with one attached hydrogen (secondary N) is 1. The van der Waals surface area contributed by atoms with Crippen molar-refractivity contribution in [2.45, 2.75) is 57.1 Å². The monoisotopic (exact) mass is 405 g/mol. The summed E-state index contributed by atoms with van der Waals surface area (Å²) in [6, 6.07) is 4.52. The molecule has 2 heterocycles. The van der Waals surface area contributed by atoms with Crippen molar-refractivity contribution in [1.29, 1.82) is 0 Å². The van der Waals surface area contributed by atoms with Crippen LogP contribution in [0.2, 0.25) is 0 Å². The summed E-state index contributed by atoms with van der Waals surface area (Å²) in [7, 11) is 0. The van der Waals surface area contributed by atoms with E-state index in [0.29, 0.717) is 18.8 Å². The van der Waals surface area contributed by atoms with Gasteiger partial charge in [0.05, 0.1) is 17.2 Å². The third-order valence-electron chi connectivity index (χ3n) is 6.77. The number of aliphatic hydroxyl groups excluding tert-OH is 1. The summed E-state index contributed by atoms with van der Waals surface area (Å²) in [5, 5.41) is 20.7. The van der Waals surface area contributed by atoms with Gasteiger partial charge in [-0.05, 0) is 63.1 Å². The fraction of sp³-hybridized carbons (Fsp3) is 0.619. The Kier molecular flexibility index (Phi) is 5.38. The molecule has 3 fully saturated rings. The van der Waals surface area contributed by atoms with E-state index in [-0.39, 0.29) is 23.7 Å². The second kappa shape index (κ2) is 7.82. The Morgan fingerprint density at radius 2 is 1.93 bits per heavy atom. The summed E-state index contributed by atoms with van der Waals surface area (Å²) in [5.74, 6) is -0.315. The molecule has 1 aliphatic carbocycles. The number of likely N-dealkylation sites (tertiary alicyclic amines) is 1. The van der Waals surface area contributed by atoms with Gasteiger partial charge in [0.2, 0.25) is 5.91 Å². The maximum atomic E-state index is 14.7. The van der Waals surface area contributed by atoms with Crippen LogP contribution >= 0.6 is 0 Å². The van der Waals surface area contributed by atoms with Crippen LogP contribution in [0.25, 0.3) is 0 Å². The zero-order valence-electron chi connectivity index (χ0n) is 16.4. The van der Waals surface area contributed by atoms with Crippen LogP contribution in [0.1, 0.15) is 44.9 Å². The van der Waals surface area contributed by atoms with E-state index in [1.807, 2.05) is 9.80 Å². The maximum Gasteiger partial charge on any atom is 0.409 e. The molecule has 7 nitrogen and oxygen atoms in total. The zero-order chi connectivity index (χ0) is 20.6. The molecule has 0 aromatic heterocycles. The highest BCUT2D eigenvalue weighted by Gasteiger charge is 2.50. The van der Waals surface area contributed by atoms with Gasteiger partial charge in [-0.25, -0.2) is 9.18 Å². The molecule has 4 rings (SSSR count). The predicted octanol–water partition coefficient (Wildman–Crippen LogP) is 3.04. The van der Waals surface area contributed by atoms with Gasteiger partial charge in [0.1, 0.15) is 5.82 Å². The van der Waals surface area contributed by atoms with E-state index in [4.69, 9.17) is 5.11 Å². The smallest absolute Gasteiger partial charge is 0.409 e. The fourth-order valence-corrected chi connectivity index (χ4v) is 5.25. The summed E-state index contributed by atoms with van der Waals surface area (Å²) >= 11 is 0. The number of aliphatic hydroxyl groups is 1. The molecule has 3 N–H and O–H groups in total. The van der Waals surface area contributed by atoms with Crippen molar-refractivity contribution < 1.29 is 24.2 Å². The van der Waals surface area contributed by atoms with E-state index in [0.717, 1.165) is 51.5 Å². The molecule has 2 amide bonds. The van der Waals surface area contributed by atoms with Crippen molar-refractivity contribution in [1.82, 2.24) is 4.90 Å². The molecule has 0 radical (unpaired) electrons. The third-order valence-corrected chi connectivity index (χ3v) is 6.77. The Morgan fingerprint density at radius 1 is 1.17 bits per heavy atom. The Hall–Kier alpha value is -2.35. The largest absolute Gasteiger partial charge is 0.465 e. The molecule has 0 unspecified atom stereocenters. The highest BCUT2D eigenvalue weighted by molar-refractivity contribution is 5.86. The number of halogens is 1. The summed E-state index contributed by atoms with van der Waals surface area (Å²) in [4.78, 5) is 28.1. The lowest BCUT2D eigenvalue weighted by molar-refractivity contribution is -0.139. The van der Waals surface area contributed by atoms with E-state index in [1.54, 1.807) is 12.1 Å². The van der Waals surface area contributed by atoms with Crippen molar-refractivity contribution in [3.63, 3.8) is 0 Å². The van der Waals surface area contributed by atoms with Crippen LogP contribution < -0.4 is 10.2 Å². The first-order valence-corrected chi connectivity index (χ1v) is 10.4. The lowest BCUT2D eigenvalue weighted by Crippen LogP contribution is -2.50. The molecule has 29 heavy (non-hydrogen) atoms. The van der Waals surface area contributed by atoms with E-state index in [2.05, 4.69) is 5.32 Å². The van der Waals surface area contributed by atoms with Gasteiger partial charge < -0.3 is 20.0 Å². The quantitative estimate of drug-likeness (QED) is 0.719. The molecule has 8 heteroatoms. The summed E-state index contributed by atoms with van der Waals surface area (Å²) in [5.41, 5.74) is 0.124. The van der Waals surface area contributed by atoms with Gasteiger partial charge in [-0.2, -0.15) is 0 Å². The summed E-state index contributed by atoms with van der Waals surface area (Å²) < 4.78 is 14.7. The second-order valence-electron chi connectivity index (χ2n) is 8.61. The third kappa shape index (κ3) is 3.90. The number of piperidine rings is 1. The number of carbonyl (C=O) groups excluding carboxylic acids is 1. The van der Waals surface area contributed by atoms with Crippen LogP contribution in [-0.2, 0) is 4.79 Å². The molecule has 3 aliphatic rings. The lowest BCUT2D eigenvalue weighted by atomic mass is 9.78. The number of hydrogen-bond donors (Lipinski definition) is 3. The molecule has 1 aromatic rings. The van der Waals surface area contributed by atoms with Crippen LogP contribution in [0.3, 0.4) is 0 Å². The standard InChI is InChI=1S/C21H28FN3O4/c22-17-12-14(23-20(28)29)2-7-18(17)24-10-1-8-21(13-24)9-11-25(19(21)27)15-3-5-16(26)6-4-15/h2,7,12,15-16,23,26H,1,3-6,8-11,13H2,(H,28,29)/t15-,16-,21-/m1/s1. The minimum absolute atomic E-state index is 0.174.